The molecule has 1 aliphatic heterocycles. The fraction of sp³-hybridized carbons (Fsp3) is 0.727. The number of hydrogen-bond donors (Lipinski definition) is 1. The number of aliphatic hydroxyl groups excluding tert-OH is 1. The summed E-state index contributed by atoms with van der Waals surface area (Å²) in [6.45, 7) is 1.54. The summed E-state index contributed by atoms with van der Waals surface area (Å²) in [5.41, 5.74) is 0. The lowest BCUT2D eigenvalue weighted by molar-refractivity contribution is -0.0773. The van der Waals surface area contributed by atoms with E-state index in [0.29, 0.717) is 37.0 Å². The topological polar surface area (TPSA) is 69.6 Å². The van der Waals surface area contributed by atoms with Gasteiger partial charge in [-0.15, -0.1) is 0 Å². The lowest BCUT2D eigenvalue weighted by atomic mass is 10.2. The van der Waals surface area contributed by atoms with Gasteiger partial charge in [0.1, 0.15) is 12.4 Å². The quantitative estimate of drug-likeness (QED) is 0.862. The van der Waals surface area contributed by atoms with Crippen LogP contribution in [0.25, 0.3) is 0 Å². The Labute approximate surface area is 119 Å². The second-order valence-corrected chi connectivity index (χ2v) is 5.48. The van der Waals surface area contributed by atoms with Gasteiger partial charge in [-0.05, 0) is 18.5 Å². The minimum Gasteiger partial charge on any atom is -0.390 e. The number of carbonyl (C=O) groups excluding carboxylic acids is 1. The minimum atomic E-state index is -3.09. The third-order valence-electron chi connectivity index (χ3n) is 3.06. The molecule has 1 N–H and O–H groups in total. The van der Waals surface area contributed by atoms with Crippen molar-refractivity contribution in [2.45, 2.75) is 12.8 Å². The van der Waals surface area contributed by atoms with E-state index in [1.54, 1.807) is 16.7 Å². The molecule has 1 saturated heterocycles. The lowest BCUT2D eigenvalue weighted by Crippen LogP contribution is -2.52. The van der Waals surface area contributed by atoms with E-state index in [1.165, 1.54) is 0 Å². The van der Waals surface area contributed by atoms with E-state index in [9.17, 15) is 13.6 Å². The Hall–Kier alpha value is -1.19. The highest BCUT2D eigenvalue weighted by Gasteiger charge is 2.33. The van der Waals surface area contributed by atoms with Crippen molar-refractivity contribution in [3.05, 3.63) is 10.8 Å². The van der Waals surface area contributed by atoms with Crippen LogP contribution in [0.1, 0.15) is 15.6 Å². The van der Waals surface area contributed by atoms with E-state index >= 15 is 0 Å². The zero-order valence-electron chi connectivity index (χ0n) is 11.1. The highest BCUT2D eigenvalue weighted by molar-refractivity contribution is 7.07. The molecule has 0 aromatic carbocycles. The summed E-state index contributed by atoms with van der Waals surface area (Å²) in [6, 6.07) is 0. The SMILES string of the molecule is Cc1nsc(C(=O)N2CCN(CC(F)(F)CO)CC2)n1. The van der Waals surface area contributed by atoms with Gasteiger partial charge in [-0.1, -0.05) is 0 Å². The van der Waals surface area contributed by atoms with Gasteiger partial charge in [0, 0.05) is 26.2 Å². The fourth-order valence-corrected chi connectivity index (χ4v) is 2.64. The maximum Gasteiger partial charge on any atom is 0.284 e. The first-order valence-corrected chi connectivity index (χ1v) is 6.99. The van der Waals surface area contributed by atoms with Gasteiger partial charge in [-0.3, -0.25) is 9.69 Å². The number of aliphatic hydroxyl groups is 1. The van der Waals surface area contributed by atoms with Crippen molar-refractivity contribution in [3.63, 3.8) is 0 Å². The van der Waals surface area contributed by atoms with Crippen LogP contribution in [-0.4, -0.2) is 75.4 Å². The minimum absolute atomic E-state index is 0.204. The zero-order chi connectivity index (χ0) is 14.8. The molecule has 2 rings (SSSR count). The number of rotatable bonds is 4. The molecular weight excluding hydrogens is 290 g/mol. The zero-order valence-corrected chi connectivity index (χ0v) is 11.9. The first-order chi connectivity index (χ1) is 9.41. The van der Waals surface area contributed by atoms with Crippen LogP contribution in [0.4, 0.5) is 8.78 Å². The van der Waals surface area contributed by atoms with Crippen LogP contribution in [0.5, 0.6) is 0 Å². The smallest absolute Gasteiger partial charge is 0.284 e. The van der Waals surface area contributed by atoms with Crippen molar-refractivity contribution >= 4 is 17.4 Å². The van der Waals surface area contributed by atoms with Crippen LogP contribution < -0.4 is 0 Å². The largest absolute Gasteiger partial charge is 0.390 e. The first-order valence-electron chi connectivity index (χ1n) is 6.22. The number of halogens is 2. The van der Waals surface area contributed by atoms with Crippen LogP contribution in [0.15, 0.2) is 0 Å². The number of aryl methyl sites for hydroxylation is 1. The number of alkyl halides is 2. The molecule has 1 amide bonds. The number of hydrogen-bond acceptors (Lipinski definition) is 6. The molecule has 0 unspecified atom stereocenters. The summed E-state index contributed by atoms with van der Waals surface area (Å²) < 4.78 is 30.1. The van der Waals surface area contributed by atoms with Gasteiger partial charge < -0.3 is 10.0 Å². The van der Waals surface area contributed by atoms with Gasteiger partial charge in [0.25, 0.3) is 11.8 Å². The number of aromatic nitrogens is 2. The van der Waals surface area contributed by atoms with E-state index in [0.717, 1.165) is 11.5 Å². The molecule has 0 spiro atoms. The summed E-state index contributed by atoms with van der Waals surface area (Å²) in [5.74, 6) is -2.74. The van der Waals surface area contributed by atoms with Crippen LogP contribution in [-0.2, 0) is 0 Å². The standard InChI is InChI=1S/C11H16F2N4O2S/c1-8-14-9(20-15-8)10(19)17-4-2-16(3-5-17)6-11(12,13)7-18/h18H,2-7H2,1H3. The molecule has 1 fully saturated rings. The molecular formula is C11H16F2N4O2S. The van der Waals surface area contributed by atoms with Gasteiger partial charge in [0.15, 0.2) is 0 Å². The predicted molar refractivity (Wildman–Crippen MR) is 69.0 cm³/mol. The predicted octanol–water partition coefficient (Wildman–Crippen LogP) is 0.232. The van der Waals surface area contributed by atoms with E-state index in [1.807, 2.05) is 0 Å². The molecule has 0 radical (unpaired) electrons. The molecule has 0 atom stereocenters. The molecule has 9 heteroatoms. The Morgan fingerprint density at radius 1 is 1.40 bits per heavy atom. The normalized spacial score (nSPS) is 17.5. The molecule has 112 valence electrons. The number of carbonyl (C=O) groups is 1. The van der Waals surface area contributed by atoms with Crippen molar-refractivity contribution < 1.29 is 18.7 Å². The molecule has 2 heterocycles. The molecule has 6 nitrogen and oxygen atoms in total. The molecule has 1 aliphatic rings. The van der Waals surface area contributed by atoms with Crippen LogP contribution in [0, 0.1) is 6.92 Å². The second kappa shape index (κ2) is 6.06. The number of amides is 1. The van der Waals surface area contributed by atoms with Gasteiger partial charge in [-0.25, -0.2) is 13.8 Å². The van der Waals surface area contributed by atoms with Crippen molar-refractivity contribution in [2.24, 2.45) is 0 Å². The summed E-state index contributed by atoms with van der Waals surface area (Å²) in [7, 11) is 0. The second-order valence-electron chi connectivity index (χ2n) is 4.73. The van der Waals surface area contributed by atoms with E-state index in [-0.39, 0.29) is 5.91 Å². The third-order valence-corrected chi connectivity index (χ3v) is 3.85. The van der Waals surface area contributed by atoms with E-state index in [4.69, 9.17) is 5.11 Å². The van der Waals surface area contributed by atoms with Crippen LogP contribution >= 0.6 is 11.5 Å². The Bertz CT molecular complexity index is 475. The maximum atomic E-state index is 13.1. The van der Waals surface area contributed by atoms with Crippen molar-refractivity contribution in [1.29, 1.82) is 0 Å². The Kier molecular flexibility index (Phi) is 4.61. The van der Waals surface area contributed by atoms with Gasteiger partial charge in [0.05, 0.1) is 6.54 Å². The van der Waals surface area contributed by atoms with Gasteiger partial charge in [0.2, 0.25) is 5.01 Å². The summed E-state index contributed by atoms with van der Waals surface area (Å²) >= 11 is 1.05. The molecule has 1 aromatic heterocycles. The third kappa shape index (κ3) is 3.68. The van der Waals surface area contributed by atoms with Crippen LogP contribution in [0.2, 0.25) is 0 Å². The lowest BCUT2D eigenvalue weighted by Gasteiger charge is -2.35. The van der Waals surface area contributed by atoms with E-state index < -0.39 is 19.1 Å². The average molecular weight is 306 g/mol. The van der Waals surface area contributed by atoms with Gasteiger partial charge in [-0.2, -0.15) is 4.37 Å². The molecule has 0 bridgehead atoms. The average Bonchev–Trinajstić information content (AvgIpc) is 2.85. The van der Waals surface area contributed by atoms with Crippen molar-refractivity contribution in [2.75, 3.05) is 39.3 Å². The molecule has 1 aromatic rings. The molecule has 20 heavy (non-hydrogen) atoms. The monoisotopic (exact) mass is 306 g/mol. The highest BCUT2D eigenvalue weighted by Crippen LogP contribution is 2.16. The summed E-state index contributed by atoms with van der Waals surface area (Å²) in [5, 5.41) is 8.89. The first kappa shape index (κ1) is 15.2. The Morgan fingerprint density at radius 3 is 2.55 bits per heavy atom. The Morgan fingerprint density at radius 2 is 2.05 bits per heavy atom. The fourth-order valence-electron chi connectivity index (χ4n) is 2.01. The number of nitrogens with zero attached hydrogens (tertiary/aromatic N) is 4. The van der Waals surface area contributed by atoms with Crippen molar-refractivity contribution in [1.82, 2.24) is 19.2 Å². The molecule has 0 saturated carbocycles. The van der Waals surface area contributed by atoms with Crippen molar-refractivity contribution in [3.8, 4) is 0 Å². The van der Waals surface area contributed by atoms with Gasteiger partial charge >= 0.3 is 0 Å². The highest BCUT2D eigenvalue weighted by atomic mass is 32.1. The Balaban J connectivity index is 1.87. The summed E-state index contributed by atoms with van der Waals surface area (Å²) in [4.78, 5) is 19.3. The van der Waals surface area contributed by atoms with E-state index in [2.05, 4.69) is 9.36 Å². The van der Waals surface area contributed by atoms with Crippen LogP contribution in [0.3, 0.4) is 0 Å². The summed E-state index contributed by atoms with van der Waals surface area (Å²) in [6.07, 6.45) is 0. The maximum absolute atomic E-state index is 13.1. The molecule has 0 aliphatic carbocycles. The number of piperazine rings is 1.